The molecular weight excluding hydrogens is 428 g/mol. The molecule has 2 atom stereocenters. The van der Waals surface area contributed by atoms with E-state index in [2.05, 4.69) is 0 Å². The van der Waals surface area contributed by atoms with Crippen LogP contribution in [0, 0.1) is 0 Å². The molecule has 0 aliphatic carbocycles. The highest BCUT2D eigenvalue weighted by Gasteiger charge is 2.45. The number of nitrogens with zero attached hydrogens (tertiary/aromatic N) is 2. The highest BCUT2D eigenvalue weighted by atomic mass is 16.5. The maximum absolute atomic E-state index is 13.6. The predicted molar refractivity (Wildman–Crippen MR) is 130 cm³/mol. The minimum atomic E-state index is -0.870. The zero-order valence-corrected chi connectivity index (χ0v) is 19.4. The molecule has 1 heterocycles. The van der Waals surface area contributed by atoms with Gasteiger partial charge in [-0.05, 0) is 49.2 Å². The van der Waals surface area contributed by atoms with Gasteiger partial charge >= 0.3 is 0 Å². The van der Waals surface area contributed by atoms with Crippen molar-refractivity contribution in [2.45, 2.75) is 38.8 Å². The number of imide groups is 1. The van der Waals surface area contributed by atoms with Gasteiger partial charge < -0.3 is 9.64 Å². The number of hydrogen-bond acceptors (Lipinski definition) is 4. The molecule has 3 aromatic rings. The highest BCUT2D eigenvalue weighted by molar-refractivity contribution is 6.23. The number of anilines is 1. The first-order valence-electron chi connectivity index (χ1n) is 11.5. The molecule has 1 saturated heterocycles. The Labute approximate surface area is 199 Å². The molecule has 1 aliphatic rings. The number of amides is 3. The van der Waals surface area contributed by atoms with Gasteiger partial charge in [0.15, 0.2) is 0 Å². The molecule has 0 saturated carbocycles. The summed E-state index contributed by atoms with van der Waals surface area (Å²) in [5.74, 6) is -0.239. The maximum atomic E-state index is 13.6. The van der Waals surface area contributed by atoms with Crippen molar-refractivity contribution in [2.24, 2.45) is 0 Å². The molecule has 0 spiro atoms. The maximum Gasteiger partial charge on any atom is 0.257 e. The fourth-order valence-corrected chi connectivity index (χ4v) is 4.38. The molecule has 0 radical (unpaired) electrons. The zero-order valence-electron chi connectivity index (χ0n) is 19.4. The van der Waals surface area contributed by atoms with E-state index in [1.165, 1.54) is 4.90 Å². The van der Waals surface area contributed by atoms with Crippen LogP contribution >= 0.6 is 0 Å². The van der Waals surface area contributed by atoms with Crippen molar-refractivity contribution in [3.05, 3.63) is 96.1 Å². The van der Waals surface area contributed by atoms with Crippen molar-refractivity contribution in [1.82, 2.24) is 4.90 Å². The molecule has 4 rings (SSSR count). The van der Waals surface area contributed by atoms with E-state index in [9.17, 15) is 14.4 Å². The number of carbonyl (C=O) groups is 3. The summed E-state index contributed by atoms with van der Waals surface area (Å²) in [5, 5.41) is 0. The number of ether oxygens (including phenoxy) is 1. The van der Waals surface area contributed by atoms with E-state index in [1.54, 1.807) is 29.2 Å². The summed E-state index contributed by atoms with van der Waals surface area (Å²) in [6.45, 7) is 4.31. The average molecular weight is 457 g/mol. The van der Waals surface area contributed by atoms with E-state index in [0.717, 1.165) is 11.1 Å². The number of carbonyl (C=O) groups excluding carboxylic acids is 3. The topological polar surface area (TPSA) is 66.9 Å². The molecule has 34 heavy (non-hydrogen) atoms. The summed E-state index contributed by atoms with van der Waals surface area (Å²) in [7, 11) is 0. The summed E-state index contributed by atoms with van der Waals surface area (Å²) >= 11 is 0. The second kappa shape index (κ2) is 10.3. The van der Waals surface area contributed by atoms with Crippen molar-refractivity contribution >= 4 is 23.4 Å². The van der Waals surface area contributed by atoms with Gasteiger partial charge in [0.2, 0.25) is 11.8 Å². The fraction of sp³-hybridized carbons (Fsp3) is 0.250. The zero-order chi connectivity index (χ0) is 24.1. The van der Waals surface area contributed by atoms with Crippen molar-refractivity contribution in [3.63, 3.8) is 0 Å². The molecule has 1 aliphatic heterocycles. The summed E-state index contributed by atoms with van der Waals surface area (Å²) < 4.78 is 5.46. The fourth-order valence-electron chi connectivity index (χ4n) is 4.38. The van der Waals surface area contributed by atoms with Gasteiger partial charge in [-0.15, -0.1) is 0 Å². The molecule has 0 bridgehead atoms. The molecule has 0 N–H and O–H groups in total. The van der Waals surface area contributed by atoms with Gasteiger partial charge in [0.25, 0.3) is 5.91 Å². The van der Waals surface area contributed by atoms with Gasteiger partial charge in [0.1, 0.15) is 11.8 Å². The number of rotatable bonds is 8. The second-order valence-electron chi connectivity index (χ2n) is 8.26. The first kappa shape index (κ1) is 23.2. The highest BCUT2D eigenvalue weighted by Crippen LogP contribution is 2.32. The third kappa shape index (κ3) is 4.86. The van der Waals surface area contributed by atoms with Gasteiger partial charge in [-0.25, -0.2) is 4.90 Å². The molecule has 3 amide bonds. The SMILES string of the molecule is CCOc1ccc(N2C(=O)CC(N(C(=O)Cc3ccccc3)C(C)c3ccccc3)C2=O)cc1. The Hall–Kier alpha value is -3.93. The first-order valence-corrected chi connectivity index (χ1v) is 11.5. The molecule has 6 heteroatoms. The summed E-state index contributed by atoms with van der Waals surface area (Å²) in [4.78, 5) is 42.8. The second-order valence-corrected chi connectivity index (χ2v) is 8.26. The predicted octanol–water partition coefficient (Wildman–Crippen LogP) is 4.55. The monoisotopic (exact) mass is 456 g/mol. The lowest BCUT2D eigenvalue weighted by Crippen LogP contribution is -2.47. The lowest BCUT2D eigenvalue weighted by molar-refractivity contribution is -0.140. The van der Waals surface area contributed by atoms with Gasteiger partial charge in [-0.3, -0.25) is 14.4 Å². The Morgan fingerprint density at radius 2 is 1.59 bits per heavy atom. The van der Waals surface area contributed by atoms with E-state index in [-0.39, 0.29) is 30.7 Å². The van der Waals surface area contributed by atoms with Crippen LogP contribution < -0.4 is 9.64 Å². The van der Waals surface area contributed by atoms with Gasteiger partial charge in [0, 0.05) is 0 Å². The Morgan fingerprint density at radius 3 is 2.21 bits per heavy atom. The van der Waals surface area contributed by atoms with E-state index < -0.39 is 11.9 Å². The number of hydrogen-bond donors (Lipinski definition) is 0. The molecule has 6 nitrogen and oxygen atoms in total. The Kier molecular flexibility index (Phi) is 7.07. The van der Waals surface area contributed by atoms with Crippen molar-refractivity contribution < 1.29 is 19.1 Å². The van der Waals surface area contributed by atoms with Crippen LogP contribution in [0.4, 0.5) is 5.69 Å². The normalized spacial score (nSPS) is 16.4. The molecule has 174 valence electrons. The average Bonchev–Trinajstić information content (AvgIpc) is 3.14. The van der Waals surface area contributed by atoms with Crippen LogP contribution in [-0.2, 0) is 20.8 Å². The van der Waals surface area contributed by atoms with Crippen LogP contribution in [0.1, 0.15) is 37.4 Å². The lowest BCUT2D eigenvalue weighted by Gasteiger charge is -2.34. The van der Waals surface area contributed by atoms with E-state index in [4.69, 9.17) is 4.74 Å². The van der Waals surface area contributed by atoms with Gasteiger partial charge in [-0.1, -0.05) is 60.7 Å². The standard InChI is InChI=1S/C28H28N2O4/c1-3-34-24-16-14-23(15-17-24)30-27(32)19-25(28(30)33)29(20(2)22-12-8-5-9-13-22)26(31)18-21-10-6-4-7-11-21/h4-17,20,25H,3,18-19H2,1-2H3. The van der Waals surface area contributed by atoms with Gasteiger partial charge in [-0.2, -0.15) is 0 Å². The van der Waals surface area contributed by atoms with Crippen LogP contribution in [-0.4, -0.2) is 35.3 Å². The third-order valence-electron chi connectivity index (χ3n) is 6.05. The van der Waals surface area contributed by atoms with Crippen LogP contribution in [0.2, 0.25) is 0 Å². The quantitative estimate of drug-likeness (QED) is 0.467. The Morgan fingerprint density at radius 1 is 0.971 bits per heavy atom. The van der Waals surface area contributed by atoms with Crippen molar-refractivity contribution in [3.8, 4) is 5.75 Å². The van der Waals surface area contributed by atoms with E-state index in [0.29, 0.717) is 18.0 Å². The largest absolute Gasteiger partial charge is 0.494 e. The smallest absolute Gasteiger partial charge is 0.257 e. The molecular formula is C28H28N2O4. The van der Waals surface area contributed by atoms with Crippen LogP contribution in [0.25, 0.3) is 0 Å². The van der Waals surface area contributed by atoms with Crippen LogP contribution in [0.3, 0.4) is 0 Å². The van der Waals surface area contributed by atoms with Crippen LogP contribution in [0.15, 0.2) is 84.9 Å². The van der Waals surface area contributed by atoms with Crippen LogP contribution in [0.5, 0.6) is 5.75 Å². The summed E-state index contributed by atoms with van der Waals surface area (Å²) in [5.41, 5.74) is 2.24. The summed E-state index contributed by atoms with van der Waals surface area (Å²) in [6.07, 6.45) is 0.1000. The summed E-state index contributed by atoms with van der Waals surface area (Å²) in [6, 6.07) is 24.6. The van der Waals surface area contributed by atoms with Crippen molar-refractivity contribution in [1.29, 1.82) is 0 Å². The van der Waals surface area contributed by atoms with E-state index >= 15 is 0 Å². The number of benzene rings is 3. The minimum absolute atomic E-state index is 0.0518. The molecule has 0 aromatic heterocycles. The van der Waals surface area contributed by atoms with Crippen molar-refractivity contribution in [2.75, 3.05) is 11.5 Å². The van der Waals surface area contributed by atoms with Gasteiger partial charge in [0.05, 0.1) is 31.2 Å². The molecule has 3 aromatic carbocycles. The lowest BCUT2D eigenvalue weighted by atomic mass is 10.0. The third-order valence-corrected chi connectivity index (χ3v) is 6.05. The van der Waals surface area contributed by atoms with E-state index in [1.807, 2.05) is 74.5 Å². The minimum Gasteiger partial charge on any atom is -0.494 e. The molecule has 2 unspecified atom stereocenters. The first-order chi connectivity index (χ1) is 16.5. The Bertz CT molecular complexity index is 1150. The molecule has 1 fully saturated rings. The Balaban J connectivity index is 1.64.